The van der Waals surface area contributed by atoms with Crippen molar-refractivity contribution in [2.75, 3.05) is 32.7 Å². The number of piperazine rings is 1. The number of carboxylic acid groups (broad SMARTS) is 1. The summed E-state index contributed by atoms with van der Waals surface area (Å²) in [5, 5.41) is 11.7. The van der Waals surface area contributed by atoms with Crippen LogP contribution in [0, 0.1) is 0 Å². The number of primary amides is 1. The predicted octanol–water partition coefficient (Wildman–Crippen LogP) is -0.558. The number of rotatable bonds is 7. The number of nitrogens with one attached hydrogen (secondary N) is 1. The Hall–Kier alpha value is -1.83. The van der Waals surface area contributed by atoms with Crippen LogP contribution in [0.15, 0.2) is 0 Å². The van der Waals surface area contributed by atoms with E-state index in [-0.39, 0.29) is 11.9 Å². The number of nitrogens with two attached hydrogens (primary N) is 1. The lowest BCUT2D eigenvalue weighted by molar-refractivity contribution is -0.143. The molecule has 0 bridgehead atoms. The van der Waals surface area contributed by atoms with Crippen molar-refractivity contribution in [2.24, 2.45) is 5.73 Å². The number of carbonyl (C=O) groups is 3. The van der Waals surface area contributed by atoms with Crippen molar-refractivity contribution in [1.29, 1.82) is 0 Å². The van der Waals surface area contributed by atoms with Gasteiger partial charge in [-0.15, -0.1) is 0 Å². The number of nitrogens with zero attached hydrogens (tertiary/aromatic N) is 2. The lowest BCUT2D eigenvalue weighted by Crippen LogP contribution is -2.55. The second-order valence-corrected chi connectivity index (χ2v) is 5.19. The van der Waals surface area contributed by atoms with E-state index in [2.05, 4.69) is 5.32 Å². The van der Waals surface area contributed by atoms with Gasteiger partial charge in [-0.2, -0.15) is 0 Å². The van der Waals surface area contributed by atoms with Gasteiger partial charge in [0.1, 0.15) is 6.04 Å². The molecule has 1 fully saturated rings. The molecular formula is C13H24N4O4. The third kappa shape index (κ3) is 5.99. The van der Waals surface area contributed by atoms with E-state index < -0.39 is 12.0 Å². The van der Waals surface area contributed by atoms with E-state index in [0.717, 1.165) is 0 Å². The van der Waals surface area contributed by atoms with Crippen molar-refractivity contribution in [3.8, 4) is 0 Å². The van der Waals surface area contributed by atoms with E-state index in [1.807, 2.05) is 4.90 Å². The van der Waals surface area contributed by atoms with E-state index in [0.29, 0.717) is 52.0 Å². The zero-order valence-corrected chi connectivity index (χ0v) is 12.4. The highest BCUT2D eigenvalue weighted by atomic mass is 16.4. The molecule has 0 aromatic heterocycles. The van der Waals surface area contributed by atoms with E-state index in [1.54, 1.807) is 11.8 Å². The maximum atomic E-state index is 11.9. The topological polar surface area (TPSA) is 116 Å². The van der Waals surface area contributed by atoms with Crippen LogP contribution >= 0.6 is 0 Å². The van der Waals surface area contributed by atoms with Gasteiger partial charge in [0.05, 0.1) is 0 Å². The zero-order chi connectivity index (χ0) is 15.8. The van der Waals surface area contributed by atoms with Crippen LogP contribution in [0.25, 0.3) is 0 Å². The SMILES string of the molecule is CC(C(=O)O)N1CCN(C(=O)NCCCCC(N)=O)CC1. The van der Waals surface area contributed by atoms with Crippen molar-refractivity contribution >= 4 is 17.9 Å². The molecule has 21 heavy (non-hydrogen) atoms. The molecule has 8 nitrogen and oxygen atoms in total. The molecule has 1 saturated heterocycles. The Morgan fingerprint density at radius 3 is 2.33 bits per heavy atom. The smallest absolute Gasteiger partial charge is 0.320 e. The first-order valence-electron chi connectivity index (χ1n) is 7.19. The summed E-state index contributed by atoms with van der Waals surface area (Å²) < 4.78 is 0. The Morgan fingerprint density at radius 2 is 1.81 bits per heavy atom. The van der Waals surface area contributed by atoms with Gasteiger partial charge in [-0.3, -0.25) is 14.5 Å². The third-order valence-corrected chi connectivity index (χ3v) is 3.63. The number of amides is 3. The molecule has 0 spiro atoms. The number of carboxylic acids is 1. The maximum Gasteiger partial charge on any atom is 0.320 e. The fraction of sp³-hybridized carbons (Fsp3) is 0.769. The van der Waals surface area contributed by atoms with E-state index in [1.165, 1.54) is 0 Å². The number of hydrogen-bond acceptors (Lipinski definition) is 4. The average Bonchev–Trinajstić information content (AvgIpc) is 2.45. The number of hydrogen-bond donors (Lipinski definition) is 3. The van der Waals surface area contributed by atoms with E-state index in [9.17, 15) is 14.4 Å². The Kier molecular flexibility index (Phi) is 6.93. The van der Waals surface area contributed by atoms with Crippen molar-refractivity contribution in [1.82, 2.24) is 15.1 Å². The molecule has 0 radical (unpaired) electrons. The molecule has 0 aromatic rings. The molecule has 0 aromatic carbocycles. The summed E-state index contributed by atoms with van der Waals surface area (Å²) in [7, 11) is 0. The van der Waals surface area contributed by atoms with Crippen LogP contribution in [-0.4, -0.2) is 71.6 Å². The van der Waals surface area contributed by atoms with Crippen molar-refractivity contribution in [2.45, 2.75) is 32.2 Å². The normalized spacial score (nSPS) is 17.3. The summed E-state index contributed by atoms with van der Waals surface area (Å²) in [6.45, 7) is 4.31. The van der Waals surface area contributed by atoms with Crippen LogP contribution in [0.5, 0.6) is 0 Å². The van der Waals surface area contributed by atoms with Crippen LogP contribution in [0.3, 0.4) is 0 Å². The van der Waals surface area contributed by atoms with Crippen LogP contribution in [0.4, 0.5) is 4.79 Å². The van der Waals surface area contributed by atoms with Crippen molar-refractivity contribution < 1.29 is 19.5 Å². The number of urea groups is 1. The molecule has 1 atom stereocenters. The first-order chi connectivity index (χ1) is 9.91. The summed E-state index contributed by atoms with van der Waals surface area (Å²) >= 11 is 0. The Balaban J connectivity index is 2.20. The maximum absolute atomic E-state index is 11.9. The second-order valence-electron chi connectivity index (χ2n) is 5.19. The monoisotopic (exact) mass is 300 g/mol. The molecule has 3 amide bonds. The average molecular weight is 300 g/mol. The molecule has 0 aliphatic carbocycles. The van der Waals surface area contributed by atoms with Gasteiger partial charge in [-0.05, 0) is 19.8 Å². The van der Waals surface area contributed by atoms with Gasteiger partial charge < -0.3 is 21.1 Å². The predicted molar refractivity (Wildman–Crippen MR) is 76.7 cm³/mol. The van der Waals surface area contributed by atoms with E-state index >= 15 is 0 Å². The lowest BCUT2D eigenvalue weighted by atomic mass is 10.2. The molecule has 120 valence electrons. The minimum atomic E-state index is -0.845. The molecule has 1 aliphatic rings. The van der Waals surface area contributed by atoms with E-state index in [4.69, 9.17) is 10.8 Å². The molecule has 1 rings (SSSR count). The largest absolute Gasteiger partial charge is 0.480 e. The molecule has 8 heteroatoms. The number of unbranched alkanes of at least 4 members (excludes halogenated alkanes) is 1. The number of carbonyl (C=O) groups excluding carboxylic acids is 2. The Bertz CT molecular complexity index is 380. The van der Waals surface area contributed by atoms with Crippen LogP contribution in [-0.2, 0) is 9.59 Å². The fourth-order valence-corrected chi connectivity index (χ4v) is 2.20. The van der Waals surface area contributed by atoms with Gasteiger partial charge in [0.25, 0.3) is 0 Å². The van der Waals surface area contributed by atoms with Crippen LogP contribution < -0.4 is 11.1 Å². The standard InChI is InChI=1S/C13H24N4O4/c1-10(12(19)20)16-6-8-17(9-7-16)13(21)15-5-3-2-4-11(14)18/h10H,2-9H2,1H3,(H2,14,18)(H,15,21)(H,19,20). The van der Waals surface area contributed by atoms with Crippen LogP contribution in [0.1, 0.15) is 26.2 Å². The molecule has 4 N–H and O–H groups in total. The second kappa shape index (κ2) is 8.46. The van der Waals surface area contributed by atoms with Gasteiger partial charge in [-0.1, -0.05) is 0 Å². The summed E-state index contributed by atoms with van der Waals surface area (Å²) in [6, 6.07) is -0.666. The molecule has 1 unspecified atom stereocenters. The van der Waals surface area contributed by atoms with Gasteiger partial charge in [0.15, 0.2) is 0 Å². The van der Waals surface area contributed by atoms with Crippen molar-refractivity contribution in [3.63, 3.8) is 0 Å². The van der Waals surface area contributed by atoms with Gasteiger partial charge in [0, 0.05) is 39.1 Å². The zero-order valence-electron chi connectivity index (χ0n) is 12.4. The highest BCUT2D eigenvalue weighted by molar-refractivity contribution is 5.75. The quantitative estimate of drug-likeness (QED) is 0.545. The van der Waals surface area contributed by atoms with Gasteiger partial charge in [0.2, 0.25) is 5.91 Å². The molecule has 1 heterocycles. The highest BCUT2D eigenvalue weighted by Gasteiger charge is 2.26. The molecular weight excluding hydrogens is 276 g/mol. The minimum Gasteiger partial charge on any atom is -0.480 e. The molecule has 1 aliphatic heterocycles. The first-order valence-corrected chi connectivity index (χ1v) is 7.19. The fourth-order valence-electron chi connectivity index (χ4n) is 2.20. The Labute approximate surface area is 124 Å². The lowest BCUT2D eigenvalue weighted by Gasteiger charge is -2.36. The van der Waals surface area contributed by atoms with Gasteiger partial charge >= 0.3 is 12.0 Å². The minimum absolute atomic E-state index is 0.142. The first kappa shape index (κ1) is 17.2. The van der Waals surface area contributed by atoms with Gasteiger partial charge in [-0.25, -0.2) is 4.79 Å². The highest BCUT2D eigenvalue weighted by Crippen LogP contribution is 2.06. The van der Waals surface area contributed by atoms with Crippen molar-refractivity contribution in [3.05, 3.63) is 0 Å². The summed E-state index contributed by atoms with van der Waals surface area (Å²) in [4.78, 5) is 36.9. The summed E-state index contributed by atoms with van der Waals surface area (Å²) in [5.74, 6) is -1.17. The Morgan fingerprint density at radius 1 is 1.19 bits per heavy atom. The summed E-state index contributed by atoms with van der Waals surface area (Å²) in [6.07, 6.45) is 1.71. The van der Waals surface area contributed by atoms with Crippen LogP contribution in [0.2, 0.25) is 0 Å². The third-order valence-electron chi connectivity index (χ3n) is 3.63. The summed E-state index contributed by atoms with van der Waals surface area (Å²) in [5.41, 5.74) is 5.03. The molecule has 0 saturated carbocycles. The number of aliphatic carboxylic acids is 1.